The van der Waals surface area contributed by atoms with Crippen LogP contribution in [0.25, 0.3) is 0 Å². The highest BCUT2D eigenvalue weighted by atomic mass is 31.0. The molecule has 102 valence electrons. The summed E-state index contributed by atoms with van der Waals surface area (Å²) in [6, 6.07) is -1.57. The Balaban J connectivity index is 0. The van der Waals surface area contributed by atoms with Gasteiger partial charge in [-0.2, -0.15) is 0 Å². The van der Waals surface area contributed by atoms with Gasteiger partial charge in [0.25, 0.3) is 0 Å². The highest BCUT2D eigenvalue weighted by Crippen LogP contribution is 1.96. The van der Waals surface area contributed by atoms with Crippen LogP contribution in [-0.4, -0.2) is 41.5 Å². The largest absolute Gasteiger partial charge is 0.391 e. The van der Waals surface area contributed by atoms with Gasteiger partial charge >= 0.3 is 0 Å². The first-order valence-electron chi connectivity index (χ1n) is 5.08. The fourth-order valence-electron chi connectivity index (χ4n) is 1.09. The average molecular weight is 265 g/mol. The monoisotopic (exact) mass is 265 g/mol. The van der Waals surface area contributed by atoms with Gasteiger partial charge in [0.2, 0.25) is 5.91 Å². The third kappa shape index (κ3) is 7.39. The van der Waals surface area contributed by atoms with Crippen LogP contribution in [0, 0.1) is 0 Å². The number of Topliss-reactive ketones (excluding diaryl/α,β-unsaturated/α-hetero) is 1. The van der Waals surface area contributed by atoms with E-state index in [9.17, 15) is 9.59 Å². The van der Waals surface area contributed by atoms with E-state index in [2.05, 4.69) is 19.8 Å². The molecule has 5 N–H and O–H groups in total. The number of nitrogens with one attached hydrogen (secondary N) is 2. The van der Waals surface area contributed by atoms with Gasteiger partial charge in [0.05, 0.1) is 12.1 Å². The number of aliphatic hydroxyl groups excluding tert-OH is 1. The summed E-state index contributed by atoms with van der Waals surface area (Å²) in [4.78, 5) is 22.7. The molecule has 0 aromatic carbocycles. The van der Waals surface area contributed by atoms with E-state index in [1.807, 2.05) is 0 Å². The quantitative estimate of drug-likeness (QED) is 0.450. The molecule has 0 heterocycles. The Morgan fingerprint density at radius 1 is 1.47 bits per heavy atom. The van der Waals surface area contributed by atoms with Crippen LogP contribution in [0.5, 0.6) is 0 Å². The number of rotatable bonds is 7. The van der Waals surface area contributed by atoms with Crippen LogP contribution in [0.1, 0.15) is 27.7 Å². The number of hydrogen-bond donors (Lipinski definition) is 4. The molecule has 0 aliphatic heterocycles. The molecule has 0 aromatic rings. The van der Waals surface area contributed by atoms with E-state index in [1.54, 1.807) is 0 Å². The summed E-state index contributed by atoms with van der Waals surface area (Å²) < 4.78 is 0. The van der Waals surface area contributed by atoms with Crippen molar-refractivity contribution in [2.45, 2.75) is 45.9 Å². The maximum atomic E-state index is 11.5. The summed E-state index contributed by atoms with van der Waals surface area (Å²) in [6.07, 6.45) is -0.454. The summed E-state index contributed by atoms with van der Waals surface area (Å²) in [7, 11) is 2.32. The number of nitrogens with two attached hydrogens (primary N) is 1. The van der Waals surface area contributed by atoms with Crippen molar-refractivity contribution >= 4 is 21.1 Å². The summed E-state index contributed by atoms with van der Waals surface area (Å²) in [5.74, 6) is -0.648. The fraction of sp³-hybridized carbons (Fsp3) is 0.800. The molecule has 0 saturated carbocycles. The Hall–Kier alpha value is -0.550. The molecule has 0 aliphatic rings. The van der Waals surface area contributed by atoms with Crippen molar-refractivity contribution in [3.63, 3.8) is 0 Å². The first-order valence-corrected chi connectivity index (χ1v) is 5.65. The van der Waals surface area contributed by atoms with Gasteiger partial charge in [-0.05, 0) is 20.3 Å². The molecule has 17 heavy (non-hydrogen) atoms. The van der Waals surface area contributed by atoms with Crippen LogP contribution < -0.4 is 16.1 Å². The number of hydrogen-bond acceptors (Lipinski definition) is 5. The zero-order chi connectivity index (χ0) is 12.7. The Morgan fingerprint density at radius 3 is 2.35 bits per heavy atom. The van der Waals surface area contributed by atoms with Crippen molar-refractivity contribution < 1.29 is 14.7 Å². The third-order valence-electron chi connectivity index (χ3n) is 2.21. The van der Waals surface area contributed by atoms with Crippen LogP contribution in [-0.2, 0) is 9.59 Å². The van der Waals surface area contributed by atoms with Crippen molar-refractivity contribution in [2.75, 3.05) is 6.54 Å². The van der Waals surface area contributed by atoms with Crippen LogP contribution in [0.3, 0.4) is 0 Å². The minimum Gasteiger partial charge on any atom is -0.391 e. The lowest BCUT2D eigenvalue weighted by Gasteiger charge is -2.20. The predicted octanol–water partition coefficient (Wildman–Crippen LogP) is -0.826. The maximum Gasteiger partial charge on any atom is 0.240 e. The van der Waals surface area contributed by atoms with Crippen molar-refractivity contribution in [3.05, 3.63) is 0 Å². The standard InChI is InChI=1S/C9H20N3O3P.CH4/c1-5(13)7(3-4-11-16)12-9(15)8(10)6(2)14;/h6-8,11,14H,3-4,10,16H2,1-2H3,(H,12,15);1H4. The third-order valence-corrected chi connectivity index (χ3v) is 2.50. The molecule has 0 rings (SSSR count). The fourth-order valence-corrected chi connectivity index (χ4v) is 1.26. The molecule has 6 nitrogen and oxygen atoms in total. The van der Waals surface area contributed by atoms with Gasteiger partial charge < -0.3 is 21.2 Å². The lowest BCUT2D eigenvalue weighted by molar-refractivity contribution is -0.129. The molecule has 0 spiro atoms. The Kier molecular flexibility index (Phi) is 10.5. The normalized spacial score (nSPS) is 15.4. The van der Waals surface area contributed by atoms with Crippen LogP contribution in [0.4, 0.5) is 0 Å². The van der Waals surface area contributed by atoms with Crippen molar-refractivity contribution in [1.29, 1.82) is 0 Å². The minimum absolute atomic E-state index is 0. The molecule has 0 aromatic heterocycles. The molecular formula is C10H24N3O3P. The molecular weight excluding hydrogens is 241 g/mol. The van der Waals surface area contributed by atoms with Crippen LogP contribution in [0.2, 0.25) is 0 Å². The van der Waals surface area contributed by atoms with Gasteiger partial charge in [-0.25, -0.2) is 0 Å². The smallest absolute Gasteiger partial charge is 0.240 e. The molecule has 0 saturated heterocycles. The first-order chi connectivity index (χ1) is 7.40. The van der Waals surface area contributed by atoms with Gasteiger partial charge in [-0.1, -0.05) is 16.8 Å². The average Bonchev–Trinajstić information content (AvgIpc) is 2.21. The Labute approximate surface area is 105 Å². The summed E-state index contributed by atoms with van der Waals surface area (Å²) >= 11 is 0. The van der Waals surface area contributed by atoms with E-state index in [-0.39, 0.29) is 13.2 Å². The van der Waals surface area contributed by atoms with Crippen molar-refractivity contribution in [1.82, 2.24) is 10.4 Å². The molecule has 0 radical (unpaired) electrons. The van der Waals surface area contributed by atoms with Crippen molar-refractivity contribution in [2.24, 2.45) is 5.73 Å². The summed E-state index contributed by atoms with van der Waals surface area (Å²) in [5, 5.41) is 14.5. The SMILES string of the molecule is C.CC(=O)C(CCNP)NC(=O)C(N)C(C)O. The molecule has 0 aliphatic carbocycles. The molecule has 0 fully saturated rings. The molecule has 0 bridgehead atoms. The van der Waals surface area contributed by atoms with Gasteiger partial charge in [-0.15, -0.1) is 0 Å². The second-order valence-electron chi connectivity index (χ2n) is 3.68. The van der Waals surface area contributed by atoms with E-state index in [1.165, 1.54) is 13.8 Å². The molecule has 7 heteroatoms. The number of amides is 1. The van der Waals surface area contributed by atoms with E-state index < -0.39 is 24.1 Å². The zero-order valence-electron chi connectivity index (χ0n) is 9.56. The topological polar surface area (TPSA) is 104 Å². The van der Waals surface area contributed by atoms with E-state index >= 15 is 0 Å². The number of aliphatic hydroxyl groups is 1. The number of carbonyl (C=O) groups is 2. The van der Waals surface area contributed by atoms with Gasteiger partial charge in [0.1, 0.15) is 6.04 Å². The van der Waals surface area contributed by atoms with Gasteiger partial charge in [-0.3, -0.25) is 9.59 Å². The summed E-state index contributed by atoms with van der Waals surface area (Å²) in [5.41, 5.74) is 5.44. The number of ketones is 1. The molecule has 1 amide bonds. The molecule has 4 unspecified atom stereocenters. The van der Waals surface area contributed by atoms with Crippen LogP contribution >= 0.6 is 9.39 Å². The summed E-state index contributed by atoms with van der Waals surface area (Å²) in [6.45, 7) is 3.41. The highest BCUT2D eigenvalue weighted by molar-refractivity contribution is 7.13. The second-order valence-corrected chi connectivity index (χ2v) is 4.09. The molecule has 4 atom stereocenters. The van der Waals surface area contributed by atoms with Crippen molar-refractivity contribution in [3.8, 4) is 0 Å². The Morgan fingerprint density at radius 2 is 2.00 bits per heavy atom. The first kappa shape index (κ1) is 18.8. The lowest BCUT2D eigenvalue weighted by atomic mass is 10.1. The Bertz CT molecular complexity index is 249. The van der Waals surface area contributed by atoms with Gasteiger partial charge in [0, 0.05) is 6.54 Å². The highest BCUT2D eigenvalue weighted by Gasteiger charge is 2.23. The minimum atomic E-state index is -1.01. The van der Waals surface area contributed by atoms with E-state index in [0.29, 0.717) is 13.0 Å². The van der Waals surface area contributed by atoms with Crippen LogP contribution in [0.15, 0.2) is 0 Å². The lowest BCUT2D eigenvalue weighted by Crippen LogP contribution is -2.52. The maximum absolute atomic E-state index is 11.5. The van der Waals surface area contributed by atoms with E-state index in [0.717, 1.165) is 0 Å². The van der Waals surface area contributed by atoms with E-state index in [4.69, 9.17) is 10.8 Å². The predicted molar refractivity (Wildman–Crippen MR) is 71.3 cm³/mol. The zero-order valence-corrected chi connectivity index (χ0v) is 10.7. The van der Waals surface area contributed by atoms with Gasteiger partial charge in [0.15, 0.2) is 5.78 Å². The number of carbonyl (C=O) groups excluding carboxylic acids is 2. The second kappa shape index (κ2) is 9.48.